The Kier molecular flexibility index (Phi) is 4.97. The average molecular weight is 364 g/mol. The van der Waals surface area contributed by atoms with Crippen LogP contribution >= 0.6 is 0 Å². The molecule has 0 bridgehead atoms. The molecule has 6 heteroatoms. The van der Waals surface area contributed by atoms with Gasteiger partial charge in [-0.15, -0.1) is 0 Å². The molecule has 0 spiro atoms. The number of aromatic nitrogens is 2. The quantitative estimate of drug-likeness (QED) is 0.629. The molecule has 3 heterocycles. The topological polar surface area (TPSA) is 62.8 Å². The van der Waals surface area contributed by atoms with Gasteiger partial charge in [0.1, 0.15) is 11.9 Å². The van der Waals surface area contributed by atoms with Gasteiger partial charge < -0.3 is 14.4 Å². The summed E-state index contributed by atoms with van der Waals surface area (Å²) in [6, 6.07) is 12.5. The molecule has 1 aliphatic rings. The van der Waals surface area contributed by atoms with E-state index in [4.69, 9.17) is 14.5 Å². The van der Waals surface area contributed by atoms with Crippen LogP contribution in [0.25, 0.3) is 16.7 Å². The predicted molar refractivity (Wildman–Crippen MR) is 105 cm³/mol. The second-order valence-electron chi connectivity index (χ2n) is 7.10. The Labute approximate surface area is 158 Å². The van der Waals surface area contributed by atoms with Crippen LogP contribution in [0, 0.1) is 24.2 Å². The van der Waals surface area contributed by atoms with Crippen molar-refractivity contribution in [1.82, 2.24) is 9.38 Å². The van der Waals surface area contributed by atoms with E-state index < -0.39 is 0 Å². The number of methoxy groups -OCH3 is 1. The summed E-state index contributed by atoms with van der Waals surface area (Å²) >= 11 is 0. The van der Waals surface area contributed by atoms with Gasteiger partial charge in [-0.3, -0.25) is 4.40 Å². The van der Waals surface area contributed by atoms with Crippen LogP contribution in [0.1, 0.15) is 17.5 Å². The molecule has 0 amide bonds. The van der Waals surface area contributed by atoms with Crippen LogP contribution in [0.3, 0.4) is 0 Å². The van der Waals surface area contributed by atoms with Crippen molar-refractivity contribution in [2.24, 2.45) is 5.92 Å². The summed E-state index contributed by atoms with van der Waals surface area (Å²) in [5, 5.41) is 9.64. The highest BCUT2D eigenvalue weighted by atomic mass is 16.5. The van der Waals surface area contributed by atoms with Crippen LogP contribution in [0.4, 0.5) is 5.82 Å². The lowest BCUT2D eigenvalue weighted by molar-refractivity contribution is 0.0549. The SMILES string of the molecule is COCCOCC1CCN(c2cc(C)c(C#N)c3nc4ccccc4n23)C1. The van der Waals surface area contributed by atoms with E-state index in [1.54, 1.807) is 7.11 Å². The average Bonchev–Trinajstić information content (AvgIpc) is 3.29. The minimum atomic E-state index is 0.502. The van der Waals surface area contributed by atoms with Gasteiger partial charge in [-0.05, 0) is 37.1 Å². The summed E-state index contributed by atoms with van der Waals surface area (Å²) in [5.41, 5.74) is 4.32. The number of aryl methyl sites for hydroxylation is 1. The first-order valence-electron chi connectivity index (χ1n) is 9.35. The Morgan fingerprint density at radius 2 is 2.15 bits per heavy atom. The Morgan fingerprint density at radius 1 is 1.30 bits per heavy atom. The minimum Gasteiger partial charge on any atom is -0.382 e. The molecule has 0 radical (unpaired) electrons. The summed E-state index contributed by atoms with van der Waals surface area (Å²) in [6.07, 6.45) is 1.10. The molecule has 0 N–H and O–H groups in total. The molecule has 1 unspecified atom stereocenters. The van der Waals surface area contributed by atoms with Crippen molar-refractivity contribution in [3.05, 3.63) is 41.5 Å². The van der Waals surface area contributed by atoms with E-state index in [0.29, 0.717) is 24.7 Å². The van der Waals surface area contributed by atoms with E-state index in [1.807, 2.05) is 25.1 Å². The summed E-state index contributed by atoms with van der Waals surface area (Å²) < 4.78 is 12.9. The Hall–Kier alpha value is -2.62. The third-order valence-corrected chi connectivity index (χ3v) is 5.26. The molecule has 6 nitrogen and oxygen atoms in total. The van der Waals surface area contributed by atoms with E-state index in [-0.39, 0.29) is 0 Å². The maximum absolute atomic E-state index is 9.64. The first-order chi connectivity index (χ1) is 13.2. The first kappa shape index (κ1) is 17.8. The number of hydrogen-bond acceptors (Lipinski definition) is 5. The van der Waals surface area contributed by atoms with Gasteiger partial charge in [-0.2, -0.15) is 5.26 Å². The number of hydrogen-bond donors (Lipinski definition) is 0. The lowest BCUT2D eigenvalue weighted by atomic mass is 10.1. The number of fused-ring (bicyclic) bond motifs is 3. The second kappa shape index (κ2) is 7.55. The number of imidazole rings is 1. The number of benzene rings is 1. The van der Waals surface area contributed by atoms with Crippen molar-refractivity contribution in [2.45, 2.75) is 13.3 Å². The maximum atomic E-state index is 9.64. The molecule has 1 aliphatic heterocycles. The number of nitriles is 1. The van der Waals surface area contributed by atoms with Crippen LogP contribution in [-0.4, -0.2) is 49.4 Å². The van der Waals surface area contributed by atoms with Gasteiger partial charge in [0, 0.05) is 26.1 Å². The van der Waals surface area contributed by atoms with E-state index in [2.05, 4.69) is 27.5 Å². The maximum Gasteiger partial charge on any atom is 0.157 e. The monoisotopic (exact) mass is 364 g/mol. The first-order valence-corrected chi connectivity index (χ1v) is 9.35. The van der Waals surface area contributed by atoms with Crippen molar-refractivity contribution in [2.75, 3.05) is 44.9 Å². The van der Waals surface area contributed by atoms with Crippen LogP contribution in [0.2, 0.25) is 0 Å². The van der Waals surface area contributed by atoms with Crippen molar-refractivity contribution in [1.29, 1.82) is 5.26 Å². The summed E-state index contributed by atoms with van der Waals surface area (Å²) in [4.78, 5) is 7.13. The third kappa shape index (κ3) is 3.25. The third-order valence-electron chi connectivity index (χ3n) is 5.26. The molecule has 0 saturated carbocycles. The lowest BCUT2D eigenvalue weighted by Crippen LogP contribution is -2.24. The van der Waals surface area contributed by atoms with Gasteiger partial charge in [-0.1, -0.05) is 12.1 Å². The summed E-state index contributed by atoms with van der Waals surface area (Å²) in [5.74, 6) is 1.61. The highest BCUT2D eigenvalue weighted by Gasteiger charge is 2.26. The predicted octanol–water partition coefficient (Wildman–Crippen LogP) is 3.16. The molecule has 4 rings (SSSR count). The van der Waals surface area contributed by atoms with Gasteiger partial charge in [0.2, 0.25) is 0 Å². The van der Waals surface area contributed by atoms with Crippen LogP contribution < -0.4 is 4.90 Å². The minimum absolute atomic E-state index is 0.502. The van der Waals surface area contributed by atoms with E-state index in [9.17, 15) is 5.26 Å². The summed E-state index contributed by atoms with van der Waals surface area (Å²) in [7, 11) is 1.69. The van der Waals surface area contributed by atoms with Gasteiger partial charge in [0.05, 0.1) is 36.4 Å². The van der Waals surface area contributed by atoms with Gasteiger partial charge in [-0.25, -0.2) is 4.98 Å². The number of ether oxygens (including phenoxy) is 2. The fourth-order valence-electron chi connectivity index (χ4n) is 3.87. The second-order valence-corrected chi connectivity index (χ2v) is 7.10. The fourth-order valence-corrected chi connectivity index (χ4v) is 3.87. The molecule has 1 fully saturated rings. The lowest BCUT2D eigenvalue weighted by Gasteiger charge is -2.22. The molecule has 2 aromatic heterocycles. The van der Waals surface area contributed by atoms with Crippen LogP contribution in [0.5, 0.6) is 0 Å². The molecule has 1 atom stereocenters. The van der Waals surface area contributed by atoms with Gasteiger partial charge in [0.25, 0.3) is 0 Å². The van der Waals surface area contributed by atoms with Crippen molar-refractivity contribution < 1.29 is 9.47 Å². The Bertz CT molecular complexity index is 1000. The number of rotatable bonds is 6. The molecular formula is C21H24N4O2. The summed E-state index contributed by atoms with van der Waals surface area (Å²) in [6.45, 7) is 5.93. The molecular weight excluding hydrogens is 340 g/mol. The van der Waals surface area contributed by atoms with Crippen molar-refractivity contribution in [3.8, 4) is 6.07 Å². The molecule has 140 valence electrons. The van der Waals surface area contributed by atoms with E-state index in [0.717, 1.165) is 54.2 Å². The van der Waals surface area contributed by atoms with Gasteiger partial charge >= 0.3 is 0 Å². The zero-order chi connectivity index (χ0) is 18.8. The molecule has 3 aromatic rings. The van der Waals surface area contributed by atoms with Crippen molar-refractivity contribution >= 4 is 22.5 Å². The molecule has 1 saturated heterocycles. The number of anilines is 1. The number of pyridine rings is 1. The highest BCUT2D eigenvalue weighted by molar-refractivity contribution is 5.85. The molecule has 27 heavy (non-hydrogen) atoms. The van der Waals surface area contributed by atoms with Crippen LogP contribution in [-0.2, 0) is 9.47 Å². The largest absolute Gasteiger partial charge is 0.382 e. The molecule has 1 aromatic carbocycles. The highest BCUT2D eigenvalue weighted by Crippen LogP contribution is 2.31. The Balaban J connectivity index is 1.69. The Morgan fingerprint density at radius 3 is 2.96 bits per heavy atom. The number of para-hydroxylation sites is 2. The number of nitrogens with zero attached hydrogens (tertiary/aromatic N) is 4. The molecule has 0 aliphatic carbocycles. The fraction of sp³-hybridized carbons (Fsp3) is 0.429. The smallest absolute Gasteiger partial charge is 0.157 e. The van der Waals surface area contributed by atoms with Gasteiger partial charge in [0.15, 0.2) is 5.65 Å². The van der Waals surface area contributed by atoms with Crippen molar-refractivity contribution in [3.63, 3.8) is 0 Å². The van der Waals surface area contributed by atoms with E-state index >= 15 is 0 Å². The zero-order valence-electron chi connectivity index (χ0n) is 15.8. The standard InChI is InChI=1S/C21H24N4O2/c1-15-11-20(24-8-7-16(13-24)14-27-10-9-26-2)25-19-6-4-3-5-18(19)23-21(25)17(15)12-22/h3-6,11,16H,7-10,13-14H2,1-2H3. The van der Waals surface area contributed by atoms with Crippen LogP contribution in [0.15, 0.2) is 30.3 Å². The van der Waals surface area contributed by atoms with E-state index in [1.165, 1.54) is 0 Å². The normalized spacial score (nSPS) is 17.1. The zero-order valence-corrected chi connectivity index (χ0v) is 15.8.